The van der Waals surface area contributed by atoms with Gasteiger partial charge < -0.3 is 10.1 Å². The number of ether oxygens (including phenoxy) is 1. The number of anilines is 1. The second-order valence-electron chi connectivity index (χ2n) is 7.53. The lowest BCUT2D eigenvalue weighted by molar-refractivity contribution is 0.0954. The number of hydrogen-bond donors (Lipinski definition) is 1. The molecule has 3 aromatic rings. The van der Waals surface area contributed by atoms with Crippen LogP contribution in [0.15, 0.2) is 72.8 Å². The van der Waals surface area contributed by atoms with E-state index in [-0.39, 0.29) is 18.3 Å². The Labute approximate surface area is 194 Å². The molecular formula is C25H27FN2O4S. The zero-order chi connectivity index (χ0) is 23.8. The molecule has 0 atom stereocenters. The highest BCUT2D eigenvalue weighted by molar-refractivity contribution is 7.92. The summed E-state index contributed by atoms with van der Waals surface area (Å²) in [5.74, 6) is 0.152. The summed E-state index contributed by atoms with van der Waals surface area (Å²) in [7, 11) is -3.52. The smallest absolute Gasteiger partial charge is 0.251 e. The largest absolute Gasteiger partial charge is 0.494 e. The number of sulfonamides is 1. The molecule has 6 nitrogen and oxygen atoms in total. The lowest BCUT2D eigenvalue weighted by Gasteiger charge is -2.23. The van der Waals surface area contributed by atoms with Gasteiger partial charge in [-0.05, 0) is 73.0 Å². The Bertz CT molecular complexity index is 1160. The number of rotatable bonds is 10. The molecule has 174 valence electrons. The monoisotopic (exact) mass is 470 g/mol. The number of hydrogen-bond acceptors (Lipinski definition) is 4. The van der Waals surface area contributed by atoms with E-state index >= 15 is 0 Å². The second-order valence-corrected chi connectivity index (χ2v) is 9.43. The molecule has 0 fully saturated rings. The summed E-state index contributed by atoms with van der Waals surface area (Å²) < 4.78 is 44.5. The Morgan fingerprint density at radius 2 is 1.55 bits per heavy atom. The van der Waals surface area contributed by atoms with Gasteiger partial charge in [-0.15, -0.1) is 0 Å². The molecule has 3 rings (SSSR count). The van der Waals surface area contributed by atoms with Crippen LogP contribution in [0.25, 0.3) is 0 Å². The highest BCUT2D eigenvalue weighted by Gasteiger charge is 2.18. The van der Waals surface area contributed by atoms with Gasteiger partial charge >= 0.3 is 0 Å². The van der Waals surface area contributed by atoms with Crippen LogP contribution in [-0.2, 0) is 23.0 Å². The van der Waals surface area contributed by atoms with Crippen molar-refractivity contribution >= 4 is 21.6 Å². The van der Waals surface area contributed by atoms with E-state index < -0.39 is 10.0 Å². The molecule has 0 aliphatic carbocycles. The first kappa shape index (κ1) is 24.3. The molecule has 8 heteroatoms. The summed E-state index contributed by atoms with van der Waals surface area (Å²) in [6.07, 6.45) is 1.75. The minimum absolute atomic E-state index is 0.138. The van der Waals surface area contributed by atoms with E-state index in [0.29, 0.717) is 36.6 Å². The van der Waals surface area contributed by atoms with E-state index in [1.807, 2.05) is 6.92 Å². The average Bonchev–Trinajstić information content (AvgIpc) is 2.79. The number of halogens is 1. The van der Waals surface area contributed by atoms with Crippen LogP contribution in [0.4, 0.5) is 10.1 Å². The zero-order valence-corrected chi connectivity index (χ0v) is 19.4. The SMILES string of the molecule is CCOc1ccc(N(Cc2ccc(C(=O)NCCc3ccc(F)cc3)cc2)S(C)(=O)=O)cc1. The van der Waals surface area contributed by atoms with Crippen LogP contribution in [0.5, 0.6) is 5.75 Å². The van der Waals surface area contributed by atoms with Crippen LogP contribution in [0.2, 0.25) is 0 Å². The molecular weight excluding hydrogens is 443 g/mol. The van der Waals surface area contributed by atoms with Gasteiger partial charge in [-0.25, -0.2) is 12.8 Å². The fourth-order valence-electron chi connectivity index (χ4n) is 3.28. The maximum absolute atomic E-state index is 13.0. The lowest BCUT2D eigenvalue weighted by Crippen LogP contribution is -2.29. The quantitative estimate of drug-likeness (QED) is 0.483. The van der Waals surface area contributed by atoms with Crippen molar-refractivity contribution in [1.29, 1.82) is 0 Å². The van der Waals surface area contributed by atoms with Crippen LogP contribution in [0.1, 0.15) is 28.4 Å². The summed E-state index contributed by atoms with van der Waals surface area (Å²) in [5, 5.41) is 2.84. The van der Waals surface area contributed by atoms with Gasteiger partial charge in [0.15, 0.2) is 0 Å². The third-order valence-electron chi connectivity index (χ3n) is 4.99. The van der Waals surface area contributed by atoms with E-state index in [0.717, 1.165) is 17.4 Å². The highest BCUT2D eigenvalue weighted by Crippen LogP contribution is 2.24. The fraction of sp³-hybridized carbons (Fsp3) is 0.240. The summed E-state index contributed by atoms with van der Waals surface area (Å²) >= 11 is 0. The maximum atomic E-state index is 13.0. The molecule has 0 spiro atoms. The Morgan fingerprint density at radius 3 is 2.12 bits per heavy atom. The molecule has 0 saturated heterocycles. The van der Waals surface area contributed by atoms with Gasteiger partial charge in [0.05, 0.1) is 25.1 Å². The third-order valence-corrected chi connectivity index (χ3v) is 6.13. The molecule has 0 aromatic heterocycles. The predicted octanol–water partition coefficient (Wildman–Crippen LogP) is 4.16. The van der Waals surface area contributed by atoms with Gasteiger partial charge in [-0.1, -0.05) is 24.3 Å². The van der Waals surface area contributed by atoms with E-state index in [2.05, 4.69) is 5.32 Å². The molecule has 0 aliphatic heterocycles. The molecule has 0 aliphatic rings. The Kier molecular flexibility index (Phi) is 8.06. The van der Waals surface area contributed by atoms with Gasteiger partial charge in [0.25, 0.3) is 5.91 Å². The molecule has 3 aromatic carbocycles. The number of carbonyl (C=O) groups is 1. The van der Waals surface area contributed by atoms with Crippen LogP contribution < -0.4 is 14.4 Å². The normalized spacial score (nSPS) is 11.1. The van der Waals surface area contributed by atoms with Crippen molar-refractivity contribution in [2.24, 2.45) is 0 Å². The average molecular weight is 471 g/mol. The molecule has 0 heterocycles. The molecule has 0 radical (unpaired) electrons. The van der Waals surface area contributed by atoms with E-state index in [4.69, 9.17) is 4.74 Å². The van der Waals surface area contributed by atoms with Crippen molar-refractivity contribution in [2.45, 2.75) is 19.9 Å². The Balaban J connectivity index is 1.62. The van der Waals surface area contributed by atoms with Crippen molar-refractivity contribution in [2.75, 3.05) is 23.7 Å². The molecule has 1 amide bonds. The minimum Gasteiger partial charge on any atom is -0.494 e. The van der Waals surface area contributed by atoms with Crippen molar-refractivity contribution in [3.05, 3.63) is 95.3 Å². The number of amides is 1. The maximum Gasteiger partial charge on any atom is 0.251 e. The molecule has 33 heavy (non-hydrogen) atoms. The van der Waals surface area contributed by atoms with Gasteiger partial charge in [0, 0.05) is 12.1 Å². The first-order valence-corrected chi connectivity index (χ1v) is 12.4. The Hall–Kier alpha value is -3.39. The van der Waals surface area contributed by atoms with E-state index in [9.17, 15) is 17.6 Å². The Morgan fingerprint density at radius 1 is 0.939 bits per heavy atom. The predicted molar refractivity (Wildman–Crippen MR) is 128 cm³/mol. The van der Waals surface area contributed by atoms with Gasteiger partial charge in [0.1, 0.15) is 11.6 Å². The summed E-state index contributed by atoms with van der Waals surface area (Å²) in [4.78, 5) is 12.4. The zero-order valence-electron chi connectivity index (χ0n) is 18.6. The van der Waals surface area contributed by atoms with Crippen LogP contribution in [0, 0.1) is 5.82 Å². The standard InChI is InChI=1S/C25H27FN2O4S/c1-3-32-24-14-12-23(13-15-24)28(33(2,30)31)18-20-4-8-21(9-5-20)25(29)27-17-16-19-6-10-22(26)11-7-19/h4-15H,3,16-18H2,1-2H3,(H,27,29). The first-order valence-electron chi connectivity index (χ1n) is 10.6. The van der Waals surface area contributed by atoms with Gasteiger partial charge in [0.2, 0.25) is 10.0 Å². The number of carbonyl (C=O) groups excluding carboxylic acids is 1. The molecule has 0 saturated carbocycles. The first-order chi connectivity index (χ1) is 15.8. The minimum atomic E-state index is -3.52. The number of nitrogens with one attached hydrogen (secondary N) is 1. The summed E-state index contributed by atoms with van der Waals surface area (Å²) in [5.41, 5.74) is 2.69. The fourth-order valence-corrected chi connectivity index (χ4v) is 4.16. The van der Waals surface area contributed by atoms with Crippen LogP contribution in [0.3, 0.4) is 0 Å². The van der Waals surface area contributed by atoms with Crippen molar-refractivity contribution < 1.29 is 22.3 Å². The van der Waals surface area contributed by atoms with E-state index in [1.165, 1.54) is 16.4 Å². The lowest BCUT2D eigenvalue weighted by atomic mass is 10.1. The molecule has 0 unspecified atom stereocenters. The summed E-state index contributed by atoms with van der Waals surface area (Å²) in [6, 6.07) is 19.8. The van der Waals surface area contributed by atoms with Crippen molar-refractivity contribution in [3.8, 4) is 5.75 Å². The second kappa shape index (κ2) is 11.0. The van der Waals surface area contributed by atoms with Crippen LogP contribution >= 0.6 is 0 Å². The number of benzene rings is 3. The van der Waals surface area contributed by atoms with Crippen molar-refractivity contribution in [3.63, 3.8) is 0 Å². The van der Waals surface area contributed by atoms with Crippen molar-refractivity contribution in [1.82, 2.24) is 5.32 Å². The van der Waals surface area contributed by atoms with Gasteiger partial charge in [-0.2, -0.15) is 0 Å². The third kappa shape index (κ3) is 7.05. The number of nitrogens with zero attached hydrogens (tertiary/aromatic N) is 1. The topological polar surface area (TPSA) is 75.7 Å². The van der Waals surface area contributed by atoms with Gasteiger partial charge in [-0.3, -0.25) is 9.10 Å². The summed E-state index contributed by atoms with van der Waals surface area (Å²) in [6.45, 7) is 2.97. The van der Waals surface area contributed by atoms with E-state index in [1.54, 1.807) is 60.7 Å². The van der Waals surface area contributed by atoms with Crippen LogP contribution in [-0.4, -0.2) is 33.7 Å². The highest BCUT2D eigenvalue weighted by atomic mass is 32.2. The molecule has 1 N–H and O–H groups in total. The molecule has 0 bridgehead atoms.